The van der Waals surface area contributed by atoms with E-state index in [1.165, 1.54) is 0 Å². The van der Waals surface area contributed by atoms with Gasteiger partial charge in [-0.3, -0.25) is 0 Å². The third kappa shape index (κ3) is 2.85. The van der Waals surface area contributed by atoms with Crippen LogP contribution in [0, 0.1) is 6.92 Å². The van der Waals surface area contributed by atoms with Gasteiger partial charge in [0, 0.05) is 22.8 Å². The fraction of sp³-hybridized carbons (Fsp3) is 0.250. The molecule has 3 rings (SSSR count). The first-order chi connectivity index (χ1) is 10.2. The zero-order chi connectivity index (χ0) is 14.8. The quantitative estimate of drug-likeness (QED) is 0.750. The average Bonchev–Trinajstić information content (AvgIpc) is 2.85. The van der Waals surface area contributed by atoms with E-state index in [4.69, 9.17) is 11.6 Å². The first-order valence-corrected chi connectivity index (χ1v) is 7.42. The largest absolute Gasteiger partial charge is 0.369 e. The van der Waals surface area contributed by atoms with Gasteiger partial charge in [0.1, 0.15) is 11.5 Å². The highest BCUT2D eigenvalue weighted by atomic mass is 35.5. The number of fused-ring (bicyclic) bond motifs is 1. The molecule has 0 atom stereocenters. The minimum absolute atomic E-state index is 0.672. The van der Waals surface area contributed by atoms with Crippen molar-refractivity contribution in [3.05, 3.63) is 41.0 Å². The van der Waals surface area contributed by atoms with Crippen LogP contribution in [-0.2, 0) is 0 Å². The molecule has 108 valence electrons. The minimum Gasteiger partial charge on any atom is -0.369 e. The third-order valence-electron chi connectivity index (χ3n) is 3.25. The number of nitrogens with one attached hydrogen (secondary N) is 2. The first-order valence-electron chi connectivity index (χ1n) is 7.04. The number of hydrogen-bond acceptors (Lipinski definition) is 3. The molecular weight excluding hydrogens is 284 g/mol. The van der Waals surface area contributed by atoms with Crippen LogP contribution in [0.25, 0.3) is 22.4 Å². The lowest BCUT2D eigenvalue weighted by Gasteiger charge is -2.08. The molecule has 5 heteroatoms. The van der Waals surface area contributed by atoms with Crippen LogP contribution in [0.5, 0.6) is 0 Å². The number of hydrogen-bond donors (Lipinski definition) is 2. The Balaban J connectivity index is 2.15. The summed E-state index contributed by atoms with van der Waals surface area (Å²) in [7, 11) is 0. The summed E-state index contributed by atoms with van der Waals surface area (Å²) in [5.74, 6) is 1.53. The number of anilines is 1. The Morgan fingerprint density at radius 1 is 1.24 bits per heavy atom. The molecule has 1 aromatic carbocycles. The minimum atomic E-state index is 0.672. The fourth-order valence-electron chi connectivity index (χ4n) is 2.28. The van der Waals surface area contributed by atoms with Crippen LogP contribution >= 0.6 is 11.6 Å². The molecule has 0 aliphatic carbocycles. The molecule has 0 unspecified atom stereocenters. The van der Waals surface area contributed by atoms with Gasteiger partial charge in [-0.15, -0.1) is 0 Å². The van der Waals surface area contributed by atoms with Gasteiger partial charge >= 0.3 is 0 Å². The number of H-pyrrole nitrogens is 1. The Kier molecular flexibility index (Phi) is 3.80. The van der Waals surface area contributed by atoms with Crippen LogP contribution in [0.4, 0.5) is 5.82 Å². The molecule has 3 aromatic rings. The van der Waals surface area contributed by atoms with Crippen molar-refractivity contribution in [2.24, 2.45) is 0 Å². The van der Waals surface area contributed by atoms with Gasteiger partial charge in [0.15, 0.2) is 5.82 Å². The van der Waals surface area contributed by atoms with Crippen molar-refractivity contribution in [2.45, 2.75) is 20.3 Å². The van der Waals surface area contributed by atoms with Gasteiger partial charge in [0.25, 0.3) is 0 Å². The van der Waals surface area contributed by atoms with E-state index in [-0.39, 0.29) is 0 Å². The highest BCUT2D eigenvalue weighted by molar-refractivity contribution is 6.30. The van der Waals surface area contributed by atoms with Gasteiger partial charge in [0.2, 0.25) is 0 Å². The summed E-state index contributed by atoms with van der Waals surface area (Å²) in [5.41, 5.74) is 2.83. The molecule has 0 amide bonds. The van der Waals surface area contributed by atoms with Crippen molar-refractivity contribution in [1.82, 2.24) is 15.0 Å². The van der Waals surface area contributed by atoms with Crippen LogP contribution in [0.2, 0.25) is 5.02 Å². The number of nitrogens with zero attached hydrogens (tertiary/aromatic N) is 2. The maximum Gasteiger partial charge on any atom is 0.163 e. The zero-order valence-electron chi connectivity index (χ0n) is 12.1. The standard InChI is InChI=1S/C16H17ClN4/c1-3-7-18-15-13-8-10(2)19-16(13)21-14(20-15)11-5-4-6-12(17)9-11/h4-6,8-9H,3,7H2,1-2H3,(H2,18,19,20,21). The number of aromatic amines is 1. The van der Waals surface area contributed by atoms with E-state index in [2.05, 4.69) is 33.3 Å². The SMILES string of the molecule is CCCNc1nc(-c2cccc(Cl)c2)nc2[nH]c(C)cc12. The smallest absolute Gasteiger partial charge is 0.163 e. The summed E-state index contributed by atoms with van der Waals surface area (Å²) in [6.45, 7) is 5.03. The van der Waals surface area contributed by atoms with Crippen LogP contribution in [0.3, 0.4) is 0 Å². The van der Waals surface area contributed by atoms with Crippen molar-refractivity contribution >= 4 is 28.5 Å². The van der Waals surface area contributed by atoms with Crippen LogP contribution in [0.15, 0.2) is 30.3 Å². The molecule has 0 spiro atoms. The van der Waals surface area contributed by atoms with Crippen LogP contribution in [0.1, 0.15) is 19.0 Å². The van der Waals surface area contributed by atoms with E-state index < -0.39 is 0 Å². The molecule has 4 nitrogen and oxygen atoms in total. The number of halogens is 1. The number of rotatable bonds is 4. The number of aromatic nitrogens is 3. The summed E-state index contributed by atoms with van der Waals surface area (Å²) in [5, 5.41) is 5.07. The van der Waals surface area contributed by atoms with Gasteiger partial charge in [-0.25, -0.2) is 9.97 Å². The van der Waals surface area contributed by atoms with E-state index in [1.54, 1.807) is 0 Å². The normalized spacial score (nSPS) is 11.0. The van der Waals surface area contributed by atoms with Gasteiger partial charge in [-0.1, -0.05) is 30.7 Å². The molecule has 2 aromatic heterocycles. The maximum absolute atomic E-state index is 6.06. The third-order valence-corrected chi connectivity index (χ3v) is 3.48. The van der Waals surface area contributed by atoms with E-state index in [1.807, 2.05) is 31.2 Å². The summed E-state index contributed by atoms with van der Waals surface area (Å²) in [6, 6.07) is 9.66. The van der Waals surface area contributed by atoms with Crippen molar-refractivity contribution in [1.29, 1.82) is 0 Å². The summed E-state index contributed by atoms with van der Waals surface area (Å²) >= 11 is 6.06. The Morgan fingerprint density at radius 2 is 2.10 bits per heavy atom. The second-order valence-electron chi connectivity index (χ2n) is 5.05. The predicted octanol–water partition coefficient (Wildman–Crippen LogP) is 4.41. The van der Waals surface area contributed by atoms with E-state index >= 15 is 0 Å². The second kappa shape index (κ2) is 5.74. The lowest BCUT2D eigenvalue weighted by atomic mass is 10.2. The monoisotopic (exact) mass is 300 g/mol. The van der Waals surface area contributed by atoms with Gasteiger partial charge in [-0.2, -0.15) is 0 Å². The molecule has 2 heterocycles. The fourth-order valence-corrected chi connectivity index (χ4v) is 2.47. The Hall–Kier alpha value is -2.07. The van der Waals surface area contributed by atoms with Gasteiger partial charge < -0.3 is 10.3 Å². The number of aryl methyl sites for hydroxylation is 1. The predicted molar refractivity (Wildman–Crippen MR) is 87.9 cm³/mol. The molecule has 0 aliphatic rings. The molecule has 0 bridgehead atoms. The molecule has 2 N–H and O–H groups in total. The second-order valence-corrected chi connectivity index (χ2v) is 5.48. The van der Waals surface area contributed by atoms with Crippen molar-refractivity contribution in [3.63, 3.8) is 0 Å². The molecule has 0 fully saturated rings. The zero-order valence-corrected chi connectivity index (χ0v) is 12.8. The molecular formula is C16H17ClN4. The van der Waals surface area contributed by atoms with Crippen molar-refractivity contribution in [2.75, 3.05) is 11.9 Å². The van der Waals surface area contributed by atoms with Crippen molar-refractivity contribution < 1.29 is 0 Å². The molecule has 0 saturated heterocycles. The summed E-state index contributed by atoms with van der Waals surface area (Å²) in [6.07, 6.45) is 1.04. The highest BCUT2D eigenvalue weighted by Crippen LogP contribution is 2.26. The van der Waals surface area contributed by atoms with Gasteiger partial charge in [0.05, 0.1) is 5.39 Å². The number of benzene rings is 1. The van der Waals surface area contributed by atoms with Crippen LogP contribution in [-0.4, -0.2) is 21.5 Å². The summed E-state index contributed by atoms with van der Waals surface area (Å²) < 4.78 is 0. The topological polar surface area (TPSA) is 53.6 Å². The van der Waals surface area contributed by atoms with E-state index in [0.717, 1.165) is 41.1 Å². The molecule has 0 aliphatic heterocycles. The van der Waals surface area contributed by atoms with E-state index in [0.29, 0.717) is 10.8 Å². The first kappa shape index (κ1) is 13.9. The van der Waals surface area contributed by atoms with E-state index in [9.17, 15) is 0 Å². The summed E-state index contributed by atoms with van der Waals surface area (Å²) in [4.78, 5) is 12.5. The van der Waals surface area contributed by atoms with Gasteiger partial charge in [-0.05, 0) is 31.5 Å². The van der Waals surface area contributed by atoms with Crippen molar-refractivity contribution in [3.8, 4) is 11.4 Å². The molecule has 0 radical (unpaired) electrons. The highest BCUT2D eigenvalue weighted by Gasteiger charge is 2.11. The molecule has 0 saturated carbocycles. The average molecular weight is 301 g/mol. The lowest BCUT2D eigenvalue weighted by Crippen LogP contribution is -2.04. The van der Waals surface area contributed by atoms with Crippen LogP contribution < -0.4 is 5.32 Å². The molecule has 21 heavy (non-hydrogen) atoms. The Labute approximate surface area is 128 Å². The lowest BCUT2D eigenvalue weighted by molar-refractivity contribution is 0.970. The maximum atomic E-state index is 6.06. The Bertz CT molecular complexity index is 779. The Morgan fingerprint density at radius 3 is 2.86 bits per heavy atom.